The number of ether oxygens (including phenoxy) is 1. The van der Waals surface area contributed by atoms with Crippen LogP contribution in [0.5, 0.6) is 5.75 Å². The van der Waals surface area contributed by atoms with Gasteiger partial charge in [-0.05, 0) is 44.9 Å². The van der Waals surface area contributed by atoms with Crippen molar-refractivity contribution in [3.63, 3.8) is 0 Å². The number of hydrogen-bond acceptors (Lipinski definition) is 3. The molecule has 0 radical (unpaired) electrons. The van der Waals surface area contributed by atoms with Crippen LogP contribution in [0.2, 0.25) is 0 Å². The van der Waals surface area contributed by atoms with Crippen molar-refractivity contribution in [2.75, 3.05) is 25.6 Å². The number of nitrogens with zero attached hydrogens (tertiary/aromatic N) is 2. The summed E-state index contributed by atoms with van der Waals surface area (Å²) in [6, 6.07) is 10.4. The van der Waals surface area contributed by atoms with E-state index in [2.05, 4.69) is 11.5 Å². The fraction of sp³-hybridized carbons (Fsp3) is 0.421. The fourth-order valence-corrected chi connectivity index (χ4v) is 3.03. The summed E-state index contributed by atoms with van der Waals surface area (Å²) < 4.78 is 8.00. The number of ketones is 1. The molecule has 122 valence electrons. The zero-order valence-corrected chi connectivity index (χ0v) is 14.3. The highest BCUT2D eigenvalue weighted by Crippen LogP contribution is 2.38. The monoisotopic (exact) mass is 312 g/mol. The number of carbonyl (C=O) groups is 1. The number of anilines is 1. The lowest BCUT2D eigenvalue weighted by Crippen LogP contribution is -2.13. The Morgan fingerprint density at radius 2 is 2.00 bits per heavy atom. The third-order valence-corrected chi connectivity index (χ3v) is 4.40. The van der Waals surface area contributed by atoms with Gasteiger partial charge in [0.2, 0.25) is 5.78 Å². The van der Waals surface area contributed by atoms with E-state index in [9.17, 15) is 4.79 Å². The summed E-state index contributed by atoms with van der Waals surface area (Å²) in [5, 5.41) is 0. The van der Waals surface area contributed by atoms with Crippen LogP contribution >= 0.6 is 0 Å². The molecule has 0 atom stereocenters. The largest absolute Gasteiger partial charge is 0.485 e. The molecule has 4 heteroatoms. The highest BCUT2D eigenvalue weighted by atomic mass is 16.5. The molecular weight excluding hydrogens is 288 g/mol. The standard InChI is InChI=1S/C19H24N2O2/c1-13-10-18(14(2)21(13)15-8-9-15)19(22)12-23-17-7-5-6-16(11-17)20(3)4/h5-7,10-11,15H,8-9,12H2,1-4H3. The minimum atomic E-state index is 0.0419. The first kappa shape index (κ1) is 15.7. The molecule has 0 saturated heterocycles. The Labute approximate surface area is 137 Å². The van der Waals surface area contributed by atoms with E-state index >= 15 is 0 Å². The SMILES string of the molecule is Cc1cc(C(=O)COc2cccc(N(C)C)c2)c(C)n1C1CC1. The third kappa shape index (κ3) is 3.26. The van der Waals surface area contributed by atoms with Gasteiger partial charge < -0.3 is 14.2 Å². The van der Waals surface area contributed by atoms with Gasteiger partial charge in [0.15, 0.2) is 6.61 Å². The lowest BCUT2D eigenvalue weighted by molar-refractivity contribution is 0.0921. The molecule has 1 aromatic carbocycles. The number of aromatic nitrogens is 1. The molecule has 1 saturated carbocycles. The summed E-state index contributed by atoms with van der Waals surface area (Å²) in [6.07, 6.45) is 2.44. The van der Waals surface area contributed by atoms with Crippen LogP contribution in [0.15, 0.2) is 30.3 Å². The number of aryl methyl sites for hydroxylation is 1. The maximum absolute atomic E-state index is 12.5. The van der Waals surface area contributed by atoms with Crippen LogP contribution in [0.3, 0.4) is 0 Å². The average molecular weight is 312 g/mol. The van der Waals surface area contributed by atoms with Crippen LogP contribution in [0, 0.1) is 13.8 Å². The average Bonchev–Trinajstić information content (AvgIpc) is 3.31. The van der Waals surface area contributed by atoms with Crippen LogP contribution in [0.4, 0.5) is 5.69 Å². The molecular formula is C19H24N2O2. The summed E-state index contributed by atoms with van der Waals surface area (Å²) in [6.45, 7) is 4.18. The zero-order chi connectivity index (χ0) is 16.6. The first-order valence-electron chi connectivity index (χ1n) is 8.09. The van der Waals surface area contributed by atoms with Gasteiger partial charge in [0.25, 0.3) is 0 Å². The molecule has 0 bridgehead atoms. The van der Waals surface area contributed by atoms with Gasteiger partial charge in [0, 0.05) is 48.8 Å². The number of Topliss-reactive ketones (excluding diaryl/α,β-unsaturated/α-hetero) is 1. The normalized spacial score (nSPS) is 13.9. The van der Waals surface area contributed by atoms with Crippen molar-refractivity contribution in [2.45, 2.75) is 32.7 Å². The molecule has 1 heterocycles. The lowest BCUT2D eigenvalue weighted by atomic mass is 10.1. The minimum absolute atomic E-state index is 0.0419. The molecule has 23 heavy (non-hydrogen) atoms. The smallest absolute Gasteiger partial charge is 0.202 e. The van der Waals surface area contributed by atoms with Crippen molar-refractivity contribution < 1.29 is 9.53 Å². The molecule has 2 aromatic rings. The Bertz CT molecular complexity index is 727. The van der Waals surface area contributed by atoms with Crippen molar-refractivity contribution in [3.8, 4) is 5.75 Å². The maximum Gasteiger partial charge on any atom is 0.202 e. The topological polar surface area (TPSA) is 34.5 Å². The van der Waals surface area contributed by atoms with Crippen LogP contribution in [0.25, 0.3) is 0 Å². The van der Waals surface area contributed by atoms with Gasteiger partial charge in [-0.1, -0.05) is 6.07 Å². The summed E-state index contributed by atoms with van der Waals surface area (Å²) in [5.41, 5.74) is 4.09. The van der Waals surface area contributed by atoms with Gasteiger partial charge in [-0.25, -0.2) is 0 Å². The van der Waals surface area contributed by atoms with Crippen LogP contribution in [-0.4, -0.2) is 31.1 Å². The molecule has 4 nitrogen and oxygen atoms in total. The van der Waals surface area contributed by atoms with E-state index in [0.717, 1.165) is 22.7 Å². The van der Waals surface area contributed by atoms with E-state index in [1.165, 1.54) is 18.5 Å². The van der Waals surface area contributed by atoms with Crippen molar-refractivity contribution >= 4 is 11.5 Å². The van der Waals surface area contributed by atoms with Crippen molar-refractivity contribution in [1.29, 1.82) is 0 Å². The molecule has 1 aliphatic rings. The van der Waals surface area contributed by atoms with E-state index in [4.69, 9.17) is 4.74 Å². The van der Waals surface area contributed by atoms with Gasteiger partial charge in [-0.3, -0.25) is 4.79 Å². The van der Waals surface area contributed by atoms with E-state index < -0.39 is 0 Å². The molecule has 1 fully saturated rings. The second-order valence-corrected chi connectivity index (χ2v) is 6.49. The van der Waals surface area contributed by atoms with Crippen molar-refractivity contribution in [2.24, 2.45) is 0 Å². The maximum atomic E-state index is 12.5. The van der Waals surface area contributed by atoms with Gasteiger partial charge >= 0.3 is 0 Å². The first-order chi connectivity index (χ1) is 11.0. The molecule has 0 N–H and O–H groups in total. The highest BCUT2D eigenvalue weighted by Gasteiger charge is 2.28. The number of benzene rings is 1. The van der Waals surface area contributed by atoms with Gasteiger partial charge in [-0.2, -0.15) is 0 Å². The van der Waals surface area contributed by atoms with Crippen LogP contribution < -0.4 is 9.64 Å². The van der Waals surface area contributed by atoms with Gasteiger partial charge in [0.05, 0.1) is 0 Å². The molecule has 3 rings (SSSR count). The molecule has 0 amide bonds. The Kier molecular flexibility index (Phi) is 4.16. The zero-order valence-electron chi connectivity index (χ0n) is 14.3. The van der Waals surface area contributed by atoms with E-state index in [0.29, 0.717) is 6.04 Å². The molecule has 0 aliphatic heterocycles. The summed E-state index contributed by atoms with van der Waals surface area (Å²) in [4.78, 5) is 14.5. The van der Waals surface area contributed by atoms with Crippen LogP contribution in [-0.2, 0) is 0 Å². The highest BCUT2D eigenvalue weighted by molar-refractivity contribution is 5.98. The quantitative estimate of drug-likeness (QED) is 0.762. The summed E-state index contributed by atoms with van der Waals surface area (Å²) in [5.74, 6) is 0.765. The van der Waals surface area contributed by atoms with Gasteiger partial charge in [0.1, 0.15) is 5.75 Å². The minimum Gasteiger partial charge on any atom is -0.485 e. The Morgan fingerprint density at radius 3 is 2.65 bits per heavy atom. The van der Waals surface area contributed by atoms with Crippen molar-refractivity contribution in [3.05, 3.63) is 47.3 Å². The van der Waals surface area contributed by atoms with Crippen LogP contribution in [0.1, 0.15) is 40.6 Å². The number of rotatable bonds is 6. The van der Waals surface area contributed by atoms with E-state index in [1.54, 1.807) is 0 Å². The third-order valence-electron chi connectivity index (χ3n) is 4.40. The summed E-state index contributed by atoms with van der Waals surface area (Å²) in [7, 11) is 3.97. The van der Waals surface area contributed by atoms with Gasteiger partial charge in [-0.15, -0.1) is 0 Å². The molecule has 0 unspecified atom stereocenters. The predicted octanol–water partition coefficient (Wildman–Crippen LogP) is 3.77. The second kappa shape index (κ2) is 6.11. The fourth-order valence-electron chi connectivity index (χ4n) is 3.03. The first-order valence-corrected chi connectivity index (χ1v) is 8.09. The van der Waals surface area contributed by atoms with E-state index in [-0.39, 0.29) is 12.4 Å². The summed E-state index contributed by atoms with van der Waals surface area (Å²) >= 11 is 0. The Balaban J connectivity index is 1.70. The molecule has 1 aliphatic carbocycles. The molecule has 0 spiro atoms. The Morgan fingerprint density at radius 1 is 1.26 bits per heavy atom. The van der Waals surface area contributed by atoms with Crippen molar-refractivity contribution in [1.82, 2.24) is 4.57 Å². The number of hydrogen-bond donors (Lipinski definition) is 0. The molecule has 1 aromatic heterocycles. The second-order valence-electron chi connectivity index (χ2n) is 6.49. The van der Waals surface area contributed by atoms with E-state index in [1.807, 2.05) is 56.3 Å². The Hall–Kier alpha value is -2.23. The predicted molar refractivity (Wildman–Crippen MR) is 92.8 cm³/mol. The number of carbonyl (C=O) groups excluding carboxylic acids is 1. The lowest BCUT2D eigenvalue weighted by Gasteiger charge is -2.14.